The van der Waals surface area contributed by atoms with Crippen molar-refractivity contribution in [3.63, 3.8) is 0 Å². The van der Waals surface area contributed by atoms with Gasteiger partial charge in [-0.3, -0.25) is 0 Å². The Balaban J connectivity index is 1.04. The van der Waals surface area contributed by atoms with E-state index in [0.717, 1.165) is 67.2 Å². The standard InChI is InChI=1S/C60H41NO/c1-3-16-42(17-4-1)43-32-34-46(35-33-43)55-27-9-11-30-57(55)61(52-25-14-24-50(41-52)60-59(47-19-5-2-6-20-47)56-28-10-12-31-58(56)62-60)51-38-36-44(37-39-51)48-22-13-23-49(40-48)54-29-15-21-45-18-7-8-26-53(45)54/h1-41H. The van der Waals surface area contributed by atoms with Gasteiger partial charge in [0, 0.05) is 33.5 Å². The third-order valence-corrected chi connectivity index (χ3v) is 11.9. The van der Waals surface area contributed by atoms with Gasteiger partial charge < -0.3 is 9.32 Å². The van der Waals surface area contributed by atoms with Gasteiger partial charge in [-0.1, -0.05) is 206 Å². The molecular weight excluding hydrogens is 751 g/mol. The smallest absolute Gasteiger partial charge is 0.143 e. The van der Waals surface area contributed by atoms with Crippen LogP contribution in [0.15, 0.2) is 253 Å². The number of rotatable bonds is 9. The molecule has 0 radical (unpaired) electrons. The number of hydrogen-bond donors (Lipinski definition) is 0. The van der Waals surface area contributed by atoms with Crippen molar-refractivity contribution in [2.45, 2.75) is 0 Å². The monoisotopic (exact) mass is 791 g/mol. The summed E-state index contributed by atoms with van der Waals surface area (Å²) in [5.74, 6) is 0.852. The molecule has 0 amide bonds. The lowest BCUT2D eigenvalue weighted by Crippen LogP contribution is -2.11. The Hall–Kier alpha value is -8.20. The van der Waals surface area contributed by atoms with Gasteiger partial charge in [0.1, 0.15) is 11.3 Å². The predicted molar refractivity (Wildman–Crippen MR) is 261 cm³/mol. The fraction of sp³-hybridized carbons (Fsp3) is 0. The summed E-state index contributed by atoms with van der Waals surface area (Å²) >= 11 is 0. The van der Waals surface area contributed by atoms with E-state index in [0.29, 0.717) is 0 Å². The molecule has 11 aromatic rings. The Morgan fingerprint density at radius 1 is 0.290 bits per heavy atom. The molecule has 0 aliphatic heterocycles. The lowest BCUT2D eigenvalue weighted by atomic mass is 9.95. The summed E-state index contributed by atoms with van der Waals surface area (Å²) in [7, 11) is 0. The second-order valence-electron chi connectivity index (χ2n) is 15.7. The second kappa shape index (κ2) is 16.1. The van der Waals surface area contributed by atoms with Crippen molar-refractivity contribution in [2.24, 2.45) is 0 Å². The average Bonchev–Trinajstić information content (AvgIpc) is 3.75. The zero-order valence-electron chi connectivity index (χ0n) is 34.0. The maximum absolute atomic E-state index is 6.74. The molecule has 0 unspecified atom stereocenters. The zero-order chi connectivity index (χ0) is 41.2. The molecule has 0 spiro atoms. The topological polar surface area (TPSA) is 16.4 Å². The highest BCUT2D eigenvalue weighted by Crippen LogP contribution is 2.45. The van der Waals surface area contributed by atoms with Gasteiger partial charge in [-0.2, -0.15) is 0 Å². The number of nitrogens with zero attached hydrogens (tertiary/aromatic N) is 1. The van der Waals surface area contributed by atoms with Gasteiger partial charge in [0.2, 0.25) is 0 Å². The third kappa shape index (κ3) is 6.94. The molecule has 2 heteroatoms. The van der Waals surface area contributed by atoms with Gasteiger partial charge >= 0.3 is 0 Å². The summed E-state index contributed by atoms with van der Waals surface area (Å²) in [4.78, 5) is 2.38. The van der Waals surface area contributed by atoms with E-state index in [1.165, 1.54) is 38.6 Å². The summed E-state index contributed by atoms with van der Waals surface area (Å²) in [6, 6.07) is 88.9. The molecule has 0 atom stereocenters. The van der Waals surface area contributed by atoms with Gasteiger partial charge in [-0.25, -0.2) is 0 Å². The largest absolute Gasteiger partial charge is 0.455 e. The van der Waals surface area contributed by atoms with Crippen LogP contribution in [0.3, 0.4) is 0 Å². The minimum atomic E-state index is 0.852. The molecule has 62 heavy (non-hydrogen) atoms. The van der Waals surface area contributed by atoms with Crippen molar-refractivity contribution in [2.75, 3.05) is 4.90 Å². The van der Waals surface area contributed by atoms with Crippen LogP contribution in [-0.4, -0.2) is 0 Å². The molecule has 0 bridgehead atoms. The van der Waals surface area contributed by atoms with Crippen molar-refractivity contribution in [3.05, 3.63) is 249 Å². The van der Waals surface area contributed by atoms with E-state index < -0.39 is 0 Å². The SMILES string of the molecule is c1ccc(-c2ccc(-c3ccccc3N(c3ccc(-c4cccc(-c5cccc6ccccc56)c4)cc3)c3cccc(-c4oc5ccccc5c4-c4ccccc4)c3)cc2)cc1. The maximum atomic E-state index is 6.74. The molecule has 0 fully saturated rings. The number of hydrogen-bond acceptors (Lipinski definition) is 2. The molecule has 0 N–H and O–H groups in total. The van der Waals surface area contributed by atoms with E-state index in [4.69, 9.17) is 4.42 Å². The van der Waals surface area contributed by atoms with E-state index in [9.17, 15) is 0 Å². The van der Waals surface area contributed by atoms with Crippen molar-refractivity contribution in [1.29, 1.82) is 0 Å². The normalized spacial score (nSPS) is 11.2. The first-order chi connectivity index (χ1) is 30.7. The quantitative estimate of drug-likeness (QED) is 0.145. The van der Waals surface area contributed by atoms with Crippen LogP contribution >= 0.6 is 0 Å². The summed E-state index contributed by atoms with van der Waals surface area (Å²) < 4.78 is 6.74. The minimum absolute atomic E-state index is 0.852. The van der Waals surface area contributed by atoms with Gasteiger partial charge in [0.05, 0.1) is 5.69 Å². The Kier molecular flexibility index (Phi) is 9.57. The molecule has 0 aliphatic rings. The zero-order valence-corrected chi connectivity index (χ0v) is 34.0. The van der Waals surface area contributed by atoms with Gasteiger partial charge in [0.25, 0.3) is 0 Å². The number of furan rings is 1. The number of anilines is 3. The van der Waals surface area contributed by atoms with Crippen molar-refractivity contribution in [3.8, 4) is 67.0 Å². The van der Waals surface area contributed by atoms with Crippen molar-refractivity contribution >= 4 is 38.8 Å². The molecule has 0 saturated heterocycles. The van der Waals surface area contributed by atoms with Crippen LogP contribution in [0.25, 0.3) is 88.7 Å². The van der Waals surface area contributed by atoms with E-state index in [1.54, 1.807) is 0 Å². The summed E-state index contributed by atoms with van der Waals surface area (Å²) in [5, 5.41) is 3.60. The highest BCUT2D eigenvalue weighted by Gasteiger charge is 2.21. The highest BCUT2D eigenvalue weighted by atomic mass is 16.3. The first kappa shape index (κ1) is 36.8. The molecule has 2 nitrogen and oxygen atoms in total. The summed E-state index contributed by atoms with van der Waals surface area (Å²) in [6.07, 6.45) is 0. The van der Waals surface area contributed by atoms with Crippen LogP contribution in [0, 0.1) is 0 Å². The Morgan fingerprint density at radius 2 is 0.823 bits per heavy atom. The first-order valence-corrected chi connectivity index (χ1v) is 21.2. The Bertz CT molecular complexity index is 3320. The van der Waals surface area contributed by atoms with Crippen molar-refractivity contribution in [1.82, 2.24) is 0 Å². The van der Waals surface area contributed by atoms with Gasteiger partial charge in [-0.15, -0.1) is 0 Å². The second-order valence-corrected chi connectivity index (χ2v) is 15.7. The number of para-hydroxylation sites is 2. The fourth-order valence-electron chi connectivity index (χ4n) is 8.89. The highest BCUT2D eigenvalue weighted by molar-refractivity contribution is 6.02. The van der Waals surface area contributed by atoms with E-state index in [1.807, 2.05) is 6.07 Å². The van der Waals surface area contributed by atoms with Crippen LogP contribution in [0.1, 0.15) is 0 Å². The summed E-state index contributed by atoms with van der Waals surface area (Å²) in [5.41, 5.74) is 16.7. The molecular formula is C60H41NO. The van der Waals surface area contributed by atoms with Crippen LogP contribution in [-0.2, 0) is 0 Å². The molecule has 0 aliphatic carbocycles. The first-order valence-electron chi connectivity index (χ1n) is 21.2. The Morgan fingerprint density at radius 3 is 1.65 bits per heavy atom. The minimum Gasteiger partial charge on any atom is -0.455 e. The van der Waals surface area contributed by atoms with Gasteiger partial charge in [-0.05, 0) is 97.7 Å². The molecule has 10 aromatic carbocycles. The number of benzene rings is 10. The maximum Gasteiger partial charge on any atom is 0.143 e. The van der Waals surface area contributed by atoms with Crippen LogP contribution in [0.4, 0.5) is 17.1 Å². The predicted octanol–water partition coefficient (Wildman–Crippen LogP) is 17.1. The lowest BCUT2D eigenvalue weighted by molar-refractivity contribution is 0.632. The van der Waals surface area contributed by atoms with Crippen LogP contribution < -0.4 is 4.90 Å². The molecule has 1 heterocycles. The lowest BCUT2D eigenvalue weighted by Gasteiger charge is -2.28. The average molecular weight is 792 g/mol. The molecule has 0 saturated carbocycles. The van der Waals surface area contributed by atoms with E-state index >= 15 is 0 Å². The molecule has 11 rings (SSSR count). The summed E-state index contributed by atoms with van der Waals surface area (Å²) in [6.45, 7) is 0. The molecule has 292 valence electrons. The van der Waals surface area contributed by atoms with Crippen LogP contribution in [0.2, 0.25) is 0 Å². The Labute approximate surface area is 362 Å². The van der Waals surface area contributed by atoms with E-state index in [2.05, 4.69) is 248 Å². The number of fused-ring (bicyclic) bond motifs is 2. The van der Waals surface area contributed by atoms with Crippen LogP contribution in [0.5, 0.6) is 0 Å². The van der Waals surface area contributed by atoms with Crippen molar-refractivity contribution < 1.29 is 4.42 Å². The van der Waals surface area contributed by atoms with E-state index in [-0.39, 0.29) is 0 Å². The fourth-order valence-corrected chi connectivity index (χ4v) is 8.89. The van der Waals surface area contributed by atoms with Gasteiger partial charge in [0.15, 0.2) is 0 Å². The molecule has 1 aromatic heterocycles. The third-order valence-electron chi connectivity index (χ3n) is 11.9.